The lowest BCUT2D eigenvalue weighted by Gasteiger charge is -2.12. The quantitative estimate of drug-likeness (QED) is 0.905. The number of hydrogen-bond acceptors (Lipinski definition) is 3. The maximum absolute atomic E-state index is 8.86. The molecular weight excluding hydrogens is 295 g/mol. The largest absolute Gasteiger partial charge is 0.495 e. The highest BCUT2D eigenvalue weighted by Crippen LogP contribution is 2.27. The van der Waals surface area contributed by atoms with Crippen molar-refractivity contribution >= 4 is 28.9 Å². The Morgan fingerprint density at radius 2 is 2.00 bits per heavy atom. The zero-order valence-electron chi connectivity index (χ0n) is 10.8. The van der Waals surface area contributed by atoms with E-state index in [4.69, 9.17) is 33.2 Å². The monoisotopic (exact) mass is 306 g/mol. The summed E-state index contributed by atoms with van der Waals surface area (Å²) >= 11 is 12.0. The van der Waals surface area contributed by atoms with Crippen molar-refractivity contribution in [3.8, 4) is 11.8 Å². The molecule has 20 heavy (non-hydrogen) atoms. The molecule has 5 heteroatoms. The summed E-state index contributed by atoms with van der Waals surface area (Å²) in [6.45, 7) is 0.540. The van der Waals surface area contributed by atoms with E-state index in [1.165, 1.54) is 0 Å². The second-order valence-corrected chi connectivity index (χ2v) is 4.96. The highest BCUT2D eigenvalue weighted by Gasteiger charge is 2.06. The molecule has 0 saturated carbocycles. The molecule has 0 aliphatic carbocycles. The second-order valence-electron chi connectivity index (χ2n) is 4.12. The summed E-state index contributed by atoms with van der Waals surface area (Å²) < 4.78 is 5.26. The van der Waals surface area contributed by atoms with E-state index in [0.29, 0.717) is 27.9 Å². The normalized spacial score (nSPS) is 9.90. The number of nitriles is 1. The fourth-order valence-electron chi connectivity index (χ4n) is 1.76. The minimum absolute atomic E-state index is 0.540. The molecule has 0 aliphatic rings. The second kappa shape index (κ2) is 6.51. The van der Waals surface area contributed by atoms with Crippen molar-refractivity contribution in [1.82, 2.24) is 0 Å². The first kappa shape index (κ1) is 14.5. The number of ether oxygens (including phenoxy) is 1. The van der Waals surface area contributed by atoms with Gasteiger partial charge in [0.2, 0.25) is 0 Å². The lowest BCUT2D eigenvalue weighted by atomic mass is 10.2. The maximum atomic E-state index is 8.86. The molecule has 0 bridgehead atoms. The number of halogens is 2. The SMILES string of the molecule is COc1cc(C#N)ccc1NCc1ccc(Cl)cc1Cl. The van der Waals surface area contributed by atoms with Gasteiger partial charge in [-0.05, 0) is 29.8 Å². The van der Waals surface area contributed by atoms with Gasteiger partial charge >= 0.3 is 0 Å². The van der Waals surface area contributed by atoms with Crippen LogP contribution in [-0.4, -0.2) is 7.11 Å². The Bertz CT molecular complexity index is 665. The van der Waals surface area contributed by atoms with E-state index >= 15 is 0 Å². The summed E-state index contributed by atoms with van der Waals surface area (Å²) in [6, 6.07) is 12.7. The van der Waals surface area contributed by atoms with Gasteiger partial charge in [0, 0.05) is 22.7 Å². The summed E-state index contributed by atoms with van der Waals surface area (Å²) in [7, 11) is 1.57. The summed E-state index contributed by atoms with van der Waals surface area (Å²) in [5, 5.41) is 13.3. The highest BCUT2D eigenvalue weighted by molar-refractivity contribution is 6.35. The first-order valence-electron chi connectivity index (χ1n) is 5.90. The standard InChI is InChI=1S/C15H12Cl2N2O/c1-20-15-6-10(8-18)2-5-14(15)19-9-11-3-4-12(16)7-13(11)17/h2-7,19H,9H2,1H3. The van der Waals surface area contributed by atoms with Gasteiger partial charge in [-0.3, -0.25) is 0 Å². The number of nitrogens with one attached hydrogen (secondary N) is 1. The summed E-state index contributed by atoms with van der Waals surface area (Å²) in [5.74, 6) is 0.620. The summed E-state index contributed by atoms with van der Waals surface area (Å²) in [5.41, 5.74) is 2.29. The molecule has 0 saturated heterocycles. The van der Waals surface area contributed by atoms with Crippen LogP contribution in [0.4, 0.5) is 5.69 Å². The van der Waals surface area contributed by atoms with E-state index in [1.807, 2.05) is 6.07 Å². The van der Waals surface area contributed by atoms with Gasteiger partial charge in [0.15, 0.2) is 0 Å². The average molecular weight is 307 g/mol. The predicted octanol–water partition coefficient (Wildman–Crippen LogP) is 4.49. The van der Waals surface area contributed by atoms with Crippen LogP contribution >= 0.6 is 23.2 Å². The number of hydrogen-bond donors (Lipinski definition) is 1. The van der Waals surface area contributed by atoms with Crippen LogP contribution in [0.2, 0.25) is 10.0 Å². The zero-order valence-corrected chi connectivity index (χ0v) is 12.3. The van der Waals surface area contributed by atoms with E-state index in [1.54, 1.807) is 37.4 Å². The van der Waals surface area contributed by atoms with E-state index < -0.39 is 0 Å². The van der Waals surface area contributed by atoms with Gasteiger partial charge < -0.3 is 10.1 Å². The molecule has 0 fully saturated rings. The van der Waals surface area contributed by atoms with Gasteiger partial charge in [-0.25, -0.2) is 0 Å². The molecule has 0 unspecified atom stereocenters. The first-order valence-corrected chi connectivity index (χ1v) is 6.65. The molecule has 1 N–H and O–H groups in total. The molecule has 2 rings (SSSR count). The third-order valence-corrected chi connectivity index (χ3v) is 3.40. The molecule has 0 heterocycles. The number of rotatable bonds is 4. The molecule has 0 radical (unpaired) electrons. The summed E-state index contributed by atoms with van der Waals surface area (Å²) in [4.78, 5) is 0. The van der Waals surface area contributed by atoms with Gasteiger partial charge in [-0.1, -0.05) is 29.3 Å². The third kappa shape index (κ3) is 3.36. The van der Waals surface area contributed by atoms with E-state index in [-0.39, 0.29) is 0 Å². The topological polar surface area (TPSA) is 45.0 Å². The average Bonchev–Trinajstić information content (AvgIpc) is 2.46. The van der Waals surface area contributed by atoms with Crippen LogP contribution in [0.15, 0.2) is 36.4 Å². The first-order chi connectivity index (χ1) is 9.63. The predicted molar refractivity (Wildman–Crippen MR) is 81.5 cm³/mol. The number of anilines is 1. The number of benzene rings is 2. The lowest BCUT2D eigenvalue weighted by Crippen LogP contribution is -2.02. The van der Waals surface area contributed by atoms with E-state index in [9.17, 15) is 0 Å². The minimum atomic E-state index is 0.540. The zero-order chi connectivity index (χ0) is 14.5. The van der Waals surface area contributed by atoms with Crippen molar-refractivity contribution in [1.29, 1.82) is 5.26 Å². The van der Waals surface area contributed by atoms with Crippen molar-refractivity contribution in [3.05, 3.63) is 57.6 Å². The molecule has 3 nitrogen and oxygen atoms in total. The molecule has 0 aromatic heterocycles. The van der Waals surface area contributed by atoms with Crippen LogP contribution < -0.4 is 10.1 Å². The van der Waals surface area contributed by atoms with Crippen LogP contribution in [0.3, 0.4) is 0 Å². The molecule has 2 aromatic rings. The molecule has 0 amide bonds. The van der Waals surface area contributed by atoms with E-state index in [0.717, 1.165) is 11.3 Å². The highest BCUT2D eigenvalue weighted by atomic mass is 35.5. The van der Waals surface area contributed by atoms with Crippen LogP contribution in [0.5, 0.6) is 5.75 Å². The van der Waals surface area contributed by atoms with Crippen molar-refractivity contribution in [2.24, 2.45) is 0 Å². The lowest BCUT2D eigenvalue weighted by molar-refractivity contribution is 0.416. The molecule has 102 valence electrons. The van der Waals surface area contributed by atoms with Crippen molar-refractivity contribution < 1.29 is 4.74 Å². The van der Waals surface area contributed by atoms with Crippen molar-refractivity contribution in [2.75, 3.05) is 12.4 Å². The van der Waals surface area contributed by atoms with Crippen molar-refractivity contribution in [3.63, 3.8) is 0 Å². The molecule has 0 atom stereocenters. The van der Waals surface area contributed by atoms with E-state index in [2.05, 4.69) is 11.4 Å². The third-order valence-electron chi connectivity index (χ3n) is 2.82. The van der Waals surface area contributed by atoms with Gasteiger partial charge in [-0.15, -0.1) is 0 Å². The van der Waals surface area contributed by atoms with Crippen LogP contribution in [-0.2, 0) is 6.54 Å². The van der Waals surface area contributed by atoms with Gasteiger partial charge in [-0.2, -0.15) is 5.26 Å². The molecule has 0 aliphatic heterocycles. The maximum Gasteiger partial charge on any atom is 0.143 e. The Hall–Kier alpha value is -1.89. The minimum Gasteiger partial charge on any atom is -0.495 e. The van der Waals surface area contributed by atoms with Crippen molar-refractivity contribution in [2.45, 2.75) is 6.54 Å². The van der Waals surface area contributed by atoms with Gasteiger partial charge in [0.05, 0.1) is 24.4 Å². The Kier molecular flexibility index (Phi) is 4.73. The Morgan fingerprint density at radius 1 is 1.20 bits per heavy atom. The summed E-state index contributed by atoms with van der Waals surface area (Å²) in [6.07, 6.45) is 0. The Labute approximate surface area is 127 Å². The number of methoxy groups -OCH3 is 1. The van der Waals surface area contributed by atoms with Crippen LogP contribution in [0.1, 0.15) is 11.1 Å². The smallest absolute Gasteiger partial charge is 0.143 e. The van der Waals surface area contributed by atoms with Crippen LogP contribution in [0.25, 0.3) is 0 Å². The van der Waals surface area contributed by atoms with Crippen LogP contribution in [0, 0.1) is 11.3 Å². The molecule has 0 spiro atoms. The molecule has 2 aromatic carbocycles. The Balaban J connectivity index is 2.16. The number of nitrogens with zero attached hydrogens (tertiary/aromatic N) is 1. The molecular formula is C15H12Cl2N2O. The van der Waals surface area contributed by atoms with Gasteiger partial charge in [0.25, 0.3) is 0 Å². The van der Waals surface area contributed by atoms with Gasteiger partial charge in [0.1, 0.15) is 5.75 Å². The Morgan fingerprint density at radius 3 is 2.65 bits per heavy atom. The fourth-order valence-corrected chi connectivity index (χ4v) is 2.24. The fraction of sp³-hybridized carbons (Fsp3) is 0.133.